The van der Waals surface area contributed by atoms with Crippen LogP contribution < -0.4 is 14.2 Å². The topological polar surface area (TPSA) is 88.1 Å². The lowest BCUT2D eigenvalue weighted by Gasteiger charge is -2.27. The number of benzene rings is 2. The summed E-state index contributed by atoms with van der Waals surface area (Å²) in [7, 11) is 0. The minimum atomic E-state index is -0.472. The first-order valence-corrected chi connectivity index (χ1v) is 15.4. The second-order valence-electron chi connectivity index (χ2n) is 10.9. The first kappa shape index (κ1) is 32.2. The fraction of sp³-hybridized carbons (Fsp3) is 0.559. The summed E-state index contributed by atoms with van der Waals surface area (Å²) < 4.78 is 21.9. The lowest BCUT2D eigenvalue weighted by molar-refractivity contribution is -0.143. The summed E-state index contributed by atoms with van der Waals surface area (Å²) in [5, 5.41) is 0. The molecule has 0 amide bonds. The van der Waals surface area contributed by atoms with E-state index in [0.29, 0.717) is 42.4 Å². The monoisotopic (exact) mass is 566 g/mol. The van der Waals surface area contributed by atoms with Crippen LogP contribution in [0.2, 0.25) is 0 Å². The van der Waals surface area contributed by atoms with E-state index in [4.69, 9.17) is 18.9 Å². The zero-order valence-electron chi connectivity index (χ0n) is 24.7. The van der Waals surface area contributed by atoms with Crippen LogP contribution in [-0.2, 0) is 14.3 Å². The maximum absolute atomic E-state index is 12.6. The van der Waals surface area contributed by atoms with Crippen molar-refractivity contribution in [2.45, 2.75) is 97.3 Å². The fourth-order valence-electron chi connectivity index (χ4n) is 5.03. The van der Waals surface area contributed by atoms with E-state index in [1.165, 1.54) is 25.7 Å². The fourth-order valence-corrected chi connectivity index (χ4v) is 5.03. The van der Waals surface area contributed by atoms with Crippen LogP contribution in [0.3, 0.4) is 0 Å². The third kappa shape index (κ3) is 12.0. The maximum Gasteiger partial charge on any atom is 0.343 e. The summed E-state index contributed by atoms with van der Waals surface area (Å²) in [4.78, 5) is 36.3. The summed E-state index contributed by atoms with van der Waals surface area (Å²) in [6, 6.07) is 13.4. The van der Waals surface area contributed by atoms with Crippen LogP contribution >= 0.6 is 0 Å². The Morgan fingerprint density at radius 3 is 1.93 bits per heavy atom. The van der Waals surface area contributed by atoms with Crippen LogP contribution in [0.4, 0.5) is 0 Å². The van der Waals surface area contributed by atoms with Gasteiger partial charge in [0.1, 0.15) is 17.2 Å². The molecule has 2 aromatic carbocycles. The second kappa shape index (κ2) is 18.2. The van der Waals surface area contributed by atoms with Crippen molar-refractivity contribution in [3.8, 4) is 17.2 Å². The van der Waals surface area contributed by atoms with Gasteiger partial charge in [-0.2, -0.15) is 0 Å². The van der Waals surface area contributed by atoms with E-state index in [2.05, 4.69) is 6.92 Å². The molecule has 1 aliphatic carbocycles. The maximum atomic E-state index is 12.6. The van der Waals surface area contributed by atoms with Gasteiger partial charge in [0.15, 0.2) is 0 Å². The second-order valence-corrected chi connectivity index (χ2v) is 10.9. The van der Waals surface area contributed by atoms with Crippen LogP contribution in [0.5, 0.6) is 17.2 Å². The third-order valence-corrected chi connectivity index (χ3v) is 7.60. The van der Waals surface area contributed by atoms with Crippen molar-refractivity contribution < 1.29 is 33.3 Å². The molecule has 2 aromatic rings. The molecule has 224 valence electrons. The number of carbonyl (C=O) groups is 3. The first-order valence-electron chi connectivity index (χ1n) is 15.4. The molecule has 0 atom stereocenters. The third-order valence-electron chi connectivity index (χ3n) is 7.60. The van der Waals surface area contributed by atoms with Gasteiger partial charge in [0.25, 0.3) is 0 Å². The molecule has 7 nitrogen and oxygen atoms in total. The molecule has 0 saturated heterocycles. The molecule has 3 rings (SSSR count). The van der Waals surface area contributed by atoms with E-state index < -0.39 is 5.97 Å². The molecule has 0 spiro atoms. The predicted octanol–water partition coefficient (Wildman–Crippen LogP) is 8.09. The Morgan fingerprint density at radius 1 is 0.683 bits per heavy atom. The van der Waals surface area contributed by atoms with Gasteiger partial charge in [0.2, 0.25) is 0 Å². The molecule has 1 saturated carbocycles. The summed E-state index contributed by atoms with van der Waals surface area (Å²) in [6.45, 7) is 5.07. The highest BCUT2D eigenvalue weighted by atomic mass is 16.5. The number of unbranched alkanes of at least 4 members (excludes halogenated alkanes) is 5. The minimum absolute atomic E-state index is 0.0367. The highest BCUT2D eigenvalue weighted by Gasteiger charge is 2.27. The zero-order valence-corrected chi connectivity index (χ0v) is 24.7. The van der Waals surface area contributed by atoms with E-state index in [1.54, 1.807) is 55.5 Å². The van der Waals surface area contributed by atoms with Crippen LogP contribution in [0.15, 0.2) is 48.5 Å². The van der Waals surface area contributed by atoms with Crippen molar-refractivity contribution in [1.29, 1.82) is 0 Å². The molecular weight excluding hydrogens is 520 g/mol. The molecule has 0 heterocycles. The Kier molecular flexibility index (Phi) is 14.2. The molecule has 1 aliphatic rings. The van der Waals surface area contributed by atoms with Gasteiger partial charge in [0, 0.05) is 6.42 Å². The molecule has 0 aliphatic heterocycles. The van der Waals surface area contributed by atoms with Crippen molar-refractivity contribution in [2.24, 2.45) is 11.8 Å². The molecule has 0 aromatic heterocycles. The molecule has 0 bridgehead atoms. The Bertz CT molecular complexity index is 1050. The smallest absolute Gasteiger partial charge is 0.343 e. The average Bonchev–Trinajstić information content (AvgIpc) is 3.00. The average molecular weight is 567 g/mol. The van der Waals surface area contributed by atoms with E-state index in [-0.39, 0.29) is 17.9 Å². The van der Waals surface area contributed by atoms with Crippen LogP contribution in [0.1, 0.15) is 108 Å². The van der Waals surface area contributed by atoms with Crippen molar-refractivity contribution in [1.82, 2.24) is 0 Å². The van der Waals surface area contributed by atoms with Crippen molar-refractivity contribution in [3.63, 3.8) is 0 Å². The van der Waals surface area contributed by atoms with Gasteiger partial charge in [-0.3, -0.25) is 9.59 Å². The van der Waals surface area contributed by atoms with Crippen LogP contribution in [-0.4, -0.2) is 31.1 Å². The Balaban J connectivity index is 1.33. The molecule has 0 radical (unpaired) electrons. The quantitative estimate of drug-likeness (QED) is 0.109. The first-order chi connectivity index (χ1) is 20.0. The summed E-state index contributed by atoms with van der Waals surface area (Å²) in [5.41, 5.74) is 0.416. The van der Waals surface area contributed by atoms with E-state index in [9.17, 15) is 14.4 Å². The van der Waals surface area contributed by atoms with Gasteiger partial charge >= 0.3 is 17.9 Å². The van der Waals surface area contributed by atoms with E-state index in [0.717, 1.165) is 57.3 Å². The van der Waals surface area contributed by atoms with Gasteiger partial charge in [-0.15, -0.1) is 0 Å². The van der Waals surface area contributed by atoms with Gasteiger partial charge < -0.3 is 18.9 Å². The number of esters is 3. The molecule has 0 N–H and O–H groups in total. The Hall–Kier alpha value is -3.35. The summed E-state index contributed by atoms with van der Waals surface area (Å²) in [6.07, 6.45) is 13.2. The highest BCUT2D eigenvalue weighted by molar-refractivity contribution is 5.91. The number of carbonyl (C=O) groups excluding carboxylic acids is 3. The largest absolute Gasteiger partial charge is 0.494 e. The predicted molar refractivity (Wildman–Crippen MR) is 158 cm³/mol. The van der Waals surface area contributed by atoms with Crippen molar-refractivity contribution >= 4 is 17.9 Å². The number of hydrogen-bond acceptors (Lipinski definition) is 7. The normalized spacial score (nSPS) is 16.5. The number of rotatable bonds is 17. The summed E-state index contributed by atoms with van der Waals surface area (Å²) in [5.74, 6) is 1.44. The van der Waals surface area contributed by atoms with Gasteiger partial charge in [0.05, 0.1) is 24.7 Å². The van der Waals surface area contributed by atoms with Crippen molar-refractivity contribution in [2.75, 3.05) is 13.2 Å². The molecule has 7 heteroatoms. The highest BCUT2D eigenvalue weighted by Crippen LogP contribution is 2.33. The Labute approximate surface area is 244 Å². The standard InChI is InChI=1S/C34H46O7/c1-3-5-8-11-26-12-14-27(15-13-26)33(36)40-30-20-22-31(23-21-30)41-34(37)28-16-18-29(19-17-28)38-24-9-6-7-10-25-39-32(35)4-2/h16-23,26-27H,3-15,24-25H2,1-2H3. The zero-order chi connectivity index (χ0) is 29.3. The SMILES string of the molecule is CCCCCC1CCC(C(=O)Oc2ccc(OC(=O)c3ccc(OCCCCCCOC(=O)CC)cc3)cc2)CC1. The van der Waals surface area contributed by atoms with Gasteiger partial charge in [-0.05, 0) is 106 Å². The minimum Gasteiger partial charge on any atom is -0.494 e. The molecule has 1 fully saturated rings. The number of ether oxygens (including phenoxy) is 4. The molecule has 41 heavy (non-hydrogen) atoms. The molecular formula is C34H46O7. The van der Waals surface area contributed by atoms with E-state index >= 15 is 0 Å². The lowest BCUT2D eigenvalue weighted by atomic mass is 9.80. The van der Waals surface area contributed by atoms with Gasteiger partial charge in [-0.25, -0.2) is 4.79 Å². The molecule has 0 unspecified atom stereocenters. The van der Waals surface area contributed by atoms with Crippen molar-refractivity contribution in [3.05, 3.63) is 54.1 Å². The van der Waals surface area contributed by atoms with Gasteiger partial charge in [-0.1, -0.05) is 39.5 Å². The van der Waals surface area contributed by atoms with Crippen LogP contribution in [0, 0.1) is 11.8 Å². The van der Waals surface area contributed by atoms with E-state index in [1.807, 2.05) is 0 Å². The number of hydrogen-bond donors (Lipinski definition) is 0. The van der Waals surface area contributed by atoms with Crippen LogP contribution in [0.25, 0.3) is 0 Å². The lowest BCUT2D eigenvalue weighted by Crippen LogP contribution is -2.25. The summed E-state index contributed by atoms with van der Waals surface area (Å²) >= 11 is 0. The Morgan fingerprint density at radius 2 is 1.29 bits per heavy atom.